The molecule has 2 aromatic heterocycles. The number of pyridine rings is 2. The van der Waals surface area contributed by atoms with Gasteiger partial charge in [0.05, 0.1) is 5.69 Å². The van der Waals surface area contributed by atoms with E-state index in [4.69, 9.17) is 10.1 Å². The fraction of sp³-hybridized carbons (Fsp3) is 0.318. The Labute approximate surface area is 297 Å². The molecule has 6 heteroatoms. The number of nitrogens with zero attached hydrogens (tertiary/aromatic N) is 5. The number of hydrazone groups is 1. The van der Waals surface area contributed by atoms with Crippen molar-refractivity contribution in [3.63, 3.8) is 0 Å². The zero-order valence-corrected chi connectivity index (χ0v) is 31.2. The molecule has 0 atom stereocenters. The van der Waals surface area contributed by atoms with Gasteiger partial charge >= 0.3 is 0 Å². The minimum absolute atomic E-state index is 0.762. The molecule has 1 N–H and O–H groups in total. The maximum atomic E-state index is 4.90. The smallest absolute Gasteiger partial charge is 0.181 e. The first-order valence-electron chi connectivity index (χ1n) is 17.9. The Morgan fingerprint density at radius 1 is 0.660 bits per heavy atom. The first-order valence-corrected chi connectivity index (χ1v) is 17.9. The van der Waals surface area contributed by atoms with Gasteiger partial charge in [-0.15, -0.1) is 0 Å². The van der Waals surface area contributed by atoms with Crippen molar-refractivity contribution in [2.24, 2.45) is 17.1 Å². The largest absolute Gasteiger partial charge is 0.323 e. The Morgan fingerprint density at radius 2 is 1.22 bits per heavy atom. The molecule has 3 aromatic carbocycles. The van der Waals surface area contributed by atoms with Gasteiger partial charge < -0.3 is 4.90 Å². The molecule has 254 valence electrons. The summed E-state index contributed by atoms with van der Waals surface area (Å²) in [6, 6.07) is 26.1. The van der Waals surface area contributed by atoms with Crippen molar-refractivity contribution in [3.8, 4) is 0 Å². The first kappa shape index (κ1) is 33.4. The molecule has 2 aliphatic rings. The van der Waals surface area contributed by atoms with Gasteiger partial charge in [-0.25, -0.2) is 9.56 Å². The van der Waals surface area contributed by atoms with E-state index in [0.29, 0.717) is 0 Å². The second-order valence-electron chi connectivity index (χ2n) is 14.3. The van der Waals surface area contributed by atoms with Crippen LogP contribution in [0, 0.1) is 55.4 Å². The maximum Gasteiger partial charge on any atom is 0.181 e. The lowest BCUT2D eigenvalue weighted by molar-refractivity contribution is -0.700. The Bertz CT molecular complexity index is 2150. The summed E-state index contributed by atoms with van der Waals surface area (Å²) in [6.45, 7) is 19.9. The average Bonchev–Trinajstić information content (AvgIpc) is 3.71. The van der Waals surface area contributed by atoms with Gasteiger partial charge in [0.2, 0.25) is 0 Å². The highest BCUT2D eigenvalue weighted by molar-refractivity contribution is 6.05. The second kappa shape index (κ2) is 13.3. The zero-order chi connectivity index (χ0) is 35.3. The normalized spacial score (nSPS) is 14.3. The van der Waals surface area contributed by atoms with Gasteiger partial charge in [-0.3, -0.25) is 5.43 Å². The molecule has 0 unspecified atom stereocenters. The van der Waals surface area contributed by atoms with Crippen LogP contribution >= 0.6 is 0 Å². The summed E-state index contributed by atoms with van der Waals surface area (Å²) in [5.74, 6) is 1.91. The third-order valence-electron chi connectivity index (χ3n) is 11.7. The van der Waals surface area contributed by atoms with Gasteiger partial charge in [0.15, 0.2) is 29.3 Å². The monoisotopic (exact) mass is 662 g/mol. The van der Waals surface area contributed by atoms with E-state index in [1.165, 1.54) is 84.1 Å². The Kier molecular flexibility index (Phi) is 8.89. The van der Waals surface area contributed by atoms with Crippen LogP contribution in [0.2, 0.25) is 0 Å². The van der Waals surface area contributed by atoms with Gasteiger partial charge in [-0.1, -0.05) is 60.7 Å². The number of benzene rings is 3. The van der Waals surface area contributed by atoms with Crippen LogP contribution in [0.3, 0.4) is 0 Å². The number of hydrogen-bond donors (Lipinski definition) is 1. The van der Waals surface area contributed by atoms with Crippen molar-refractivity contribution < 1.29 is 9.13 Å². The Morgan fingerprint density at radius 3 is 1.86 bits per heavy atom. The summed E-state index contributed by atoms with van der Waals surface area (Å²) < 4.78 is 4.83. The predicted octanol–water partition coefficient (Wildman–Crippen LogP) is 7.66. The third-order valence-corrected chi connectivity index (χ3v) is 11.7. The lowest BCUT2D eigenvalue weighted by Crippen LogP contribution is -2.43. The van der Waals surface area contributed by atoms with Crippen LogP contribution in [0.5, 0.6) is 0 Å². The molecule has 4 heterocycles. The van der Waals surface area contributed by atoms with Crippen LogP contribution < -0.4 is 19.5 Å². The van der Waals surface area contributed by atoms with Crippen LogP contribution in [0.4, 0.5) is 11.4 Å². The SMILES string of the molecule is Cc1c(Cc2c(C)c(C)[n+](Cc3ccc(CN4/C(=N/NC5=Nc6ccccc6C5)Cc5ccccc54)cc3)c(C)c2C)c(C)c(C)[n+](C)c1C. The summed E-state index contributed by atoms with van der Waals surface area (Å²) in [6.07, 6.45) is 2.55. The molecule has 0 saturated carbocycles. The van der Waals surface area contributed by atoms with Crippen LogP contribution in [0.15, 0.2) is 82.9 Å². The maximum absolute atomic E-state index is 4.90. The summed E-state index contributed by atoms with van der Waals surface area (Å²) >= 11 is 0. The molecule has 0 saturated heterocycles. The van der Waals surface area contributed by atoms with E-state index in [9.17, 15) is 0 Å². The highest BCUT2D eigenvalue weighted by Crippen LogP contribution is 2.32. The van der Waals surface area contributed by atoms with E-state index in [1.54, 1.807) is 0 Å². The summed E-state index contributed by atoms with van der Waals surface area (Å²) in [4.78, 5) is 7.10. The molecule has 2 aliphatic heterocycles. The van der Waals surface area contributed by atoms with E-state index in [0.717, 1.165) is 49.7 Å². The van der Waals surface area contributed by atoms with Gasteiger partial charge in [0, 0.05) is 80.6 Å². The lowest BCUT2D eigenvalue weighted by atomic mass is 9.89. The summed E-state index contributed by atoms with van der Waals surface area (Å²) in [7, 11) is 2.18. The van der Waals surface area contributed by atoms with E-state index in [-0.39, 0.29) is 0 Å². The zero-order valence-electron chi connectivity index (χ0n) is 31.2. The number of rotatable bonds is 7. The molecule has 0 radical (unpaired) electrons. The molecule has 0 amide bonds. The molecule has 0 spiro atoms. The highest BCUT2D eigenvalue weighted by Gasteiger charge is 2.28. The van der Waals surface area contributed by atoms with Gasteiger partial charge in [-0.2, -0.15) is 9.67 Å². The molecular formula is C44H50N6+2. The fourth-order valence-electron chi connectivity index (χ4n) is 7.84. The minimum Gasteiger partial charge on any atom is -0.323 e. The molecule has 0 aliphatic carbocycles. The molecule has 0 bridgehead atoms. The number of nitrogens with one attached hydrogen (secondary N) is 1. The number of aliphatic imine (C=N–C) groups is 1. The number of hydrogen-bond acceptors (Lipinski definition) is 3. The summed E-state index contributed by atoms with van der Waals surface area (Å²) in [5, 5.41) is 4.90. The molecule has 5 aromatic rings. The molecule has 6 nitrogen and oxygen atoms in total. The topological polar surface area (TPSA) is 47.8 Å². The van der Waals surface area contributed by atoms with E-state index < -0.39 is 0 Å². The average molecular weight is 663 g/mol. The van der Waals surface area contributed by atoms with Crippen LogP contribution in [-0.4, -0.2) is 11.7 Å². The van der Waals surface area contributed by atoms with Crippen molar-refractivity contribution in [2.45, 2.75) is 87.7 Å². The molecular weight excluding hydrogens is 613 g/mol. The van der Waals surface area contributed by atoms with Crippen molar-refractivity contribution in [1.82, 2.24) is 5.43 Å². The number of aromatic nitrogens is 2. The number of fused-ring (bicyclic) bond motifs is 2. The van der Waals surface area contributed by atoms with Crippen molar-refractivity contribution in [2.75, 3.05) is 4.90 Å². The predicted molar refractivity (Wildman–Crippen MR) is 205 cm³/mol. The van der Waals surface area contributed by atoms with Gasteiger partial charge in [-0.05, 0) is 74.1 Å². The van der Waals surface area contributed by atoms with Crippen molar-refractivity contribution >= 4 is 23.0 Å². The third kappa shape index (κ3) is 6.01. The van der Waals surface area contributed by atoms with E-state index in [1.807, 2.05) is 6.07 Å². The van der Waals surface area contributed by atoms with Crippen LogP contribution in [0.1, 0.15) is 78.4 Å². The Balaban J connectivity index is 1.10. The lowest BCUT2D eigenvalue weighted by Gasteiger charge is -2.21. The van der Waals surface area contributed by atoms with E-state index >= 15 is 0 Å². The highest BCUT2D eigenvalue weighted by atomic mass is 15.4. The molecule has 7 rings (SSSR count). The van der Waals surface area contributed by atoms with Gasteiger partial charge in [0.1, 0.15) is 18.7 Å². The first-order chi connectivity index (χ1) is 24.0. The van der Waals surface area contributed by atoms with Crippen molar-refractivity contribution in [3.05, 3.63) is 151 Å². The number of anilines is 1. The van der Waals surface area contributed by atoms with Crippen molar-refractivity contribution in [1.29, 1.82) is 0 Å². The van der Waals surface area contributed by atoms with E-state index in [2.05, 4.69) is 149 Å². The summed E-state index contributed by atoms with van der Waals surface area (Å²) in [5.41, 5.74) is 24.6. The second-order valence-corrected chi connectivity index (χ2v) is 14.3. The molecule has 0 fully saturated rings. The molecule has 50 heavy (non-hydrogen) atoms. The number of para-hydroxylation sites is 2. The van der Waals surface area contributed by atoms with Crippen LogP contribution in [-0.2, 0) is 39.4 Å². The fourth-order valence-corrected chi connectivity index (χ4v) is 7.84. The van der Waals surface area contributed by atoms with Crippen LogP contribution in [0.25, 0.3) is 0 Å². The minimum atomic E-state index is 0.762. The number of amidine groups is 2. The quantitative estimate of drug-likeness (QED) is 0.144. The Hall–Kier alpha value is -5.10. The van der Waals surface area contributed by atoms with Gasteiger partial charge in [0.25, 0.3) is 0 Å². The standard InChI is InChI=1S/C44H50N6/c1-27-31(5)48(9)32(6)28(2)39(27)24-40-29(3)33(7)49(34(8)30(40)4)25-35-18-20-36(21-19-35)26-50-42-17-13-11-15-38(42)23-44(50)47-46-43-22-37-14-10-12-16-41(37)45-43/h10-21H,22-26H2,1-9H3,(H,45,46)/q+2/b47-44+.